The minimum absolute atomic E-state index is 0.0767. The summed E-state index contributed by atoms with van der Waals surface area (Å²) in [6.45, 7) is 0. The topological polar surface area (TPSA) is 43.1 Å². The number of halogens is 1. The number of nitro benzene ring substituents is 1. The Morgan fingerprint density at radius 1 is 1.11 bits per heavy atom. The smallest absolute Gasteiger partial charge is 0.258 e. The molecule has 0 bridgehead atoms. The average molecular weight is 274 g/mol. The summed E-state index contributed by atoms with van der Waals surface area (Å²) in [7, 11) is 0. The van der Waals surface area contributed by atoms with Crippen LogP contribution in [0, 0.1) is 10.1 Å². The zero-order valence-electron chi connectivity index (χ0n) is 10.2. The molecule has 0 saturated heterocycles. The standard InChI is InChI=1S/C15H12ClNO2/c16-11-7-8-14(15(9-11)17(18)19)13-6-2-4-10-3-1-5-12(10)13/h2,4,6-9H,1,3,5H2. The van der Waals surface area contributed by atoms with Gasteiger partial charge in [-0.1, -0.05) is 29.8 Å². The molecule has 2 aromatic carbocycles. The van der Waals surface area contributed by atoms with Gasteiger partial charge in [-0.05, 0) is 48.1 Å². The molecule has 0 atom stereocenters. The first-order chi connectivity index (χ1) is 9.16. The molecule has 0 heterocycles. The van der Waals surface area contributed by atoms with Gasteiger partial charge in [-0.15, -0.1) is 0 Å². The van der Waals surface area contributed by atoms with E-state index in [0.29, 0.717) is 10.6 Å². The summed E-state index contributed by atoms with van der Waals surface area (Å²) in [5.74, 6) is 0. The molecule has 0 fully saturated rings. The van der Waals surface area contributed by atoms with Crippen LogP contribution in [0.4, 0.5) is 5.69 Å². The van der Waals surface area contributed by atoms with E-state index in [1.165, 1.54) is 17.2 Å². The van der Waals surface area contributed by atoms with E-state index in [1.807, 2.05) is 12.1 Å². The minimum Gasteiger partial charge on any atom is -0.258 e. The second-order valence-corrected chi connectivity index (χ2v) is 5.15. The molecule has 1 aliphatic carbocycles. The number of nitrogens with zero attached hydrogens (tertiary/aromatic N) is 1. The highest BCUT2D eigenvalue weighted by Gasteiger charge is 2.21. The van der Waals surface area contributed by atoms with Crippen LogP contribution >= 0.6 is 11.6 Å². The molecule has 0 N–H and O–H groups in total. The minimum atomic E-state index is -0.366. The van der Waals surface area contributed by atoms with E-state index >= 15 is 0 Å². The number of aryl methyl sites for hydroxylation is 1. The van der Waals surface area contributed by atoms with Crippen molar-refractivity contribution in [2.24, 2.45) is 0 Å². The monoisotopic (exact) mass is 273 g/mol. The average Bonchev–Trinajstić information content (AvgIpc) is 2.86. The summed E-state index contributed by atoms with van der Waals surface area (Å²) in [6.07, 6.45) is 3.17. The Labute approximate surface area is 116 Å². The lowest BCUT2D eigenvalue weighted by molar-refractivity contribution is -0.384. The van der Waals surface area contributed by atoms with Crippen LogP contribution in [0.3, 0.4) is 0 Å². The maximum atomic E-state index is 11.2. The highest BCUT2D eigenvalue weighted by atomic mass is 35.5. The van der Waals surface area contributed by atoms with Crippen LogP contribution in [-0.4, -0.2) is 4.92 Å². The summed E-state index contributed by atoms with van der Waals surface area (Å²) in [5.41, 5.74) is 4.26. The van der Waals surface area contributed by atoms with Crippen LogP contribution in [0.1, 0.15) is 17.5 Å². The molecule has 2 aromatic rings. The van der Waals surface area contributed by atoms with Crippen molar-refractivity contribution in [2.45, 2.75) is 19.3 Å². The molecule has 0 amide bonds. The maximum absolute atomic E-state index is 11.2. The van der Waals surface area contributed by atoms with Crippen molar-refractivity contribution in [3.8, 4) is 11.1 Å². The van der Waals surface area contributed by atoms with E-state index in [4.69, 9.17) is 11.6 Å². The maximum Gasteiger partial charge on any atom is 0.278 e. The summed E-state index contributed by atoms with van der Waals surface area (Å²) in [4.78, 5) is 10.8. The number of nitro groups is 1. The zero-order valence-corrected chi connectivity index (χ0v) is 11.0. The molecule has 0 saturated carbocycles. The fourth-order valence-electron chi connectivity index (χ4n) is 2.76. The van der Waals surface area contributed by atoms with E-state index in [0.717, 1.165) is 24.8 Å². The first-order valence-corrected chi connectivity index (χ1v) is 6.59. The van der Waals surface area contributed by atoms with Gasteiger partial charge in [0.15, 0.2) is 0 Å². The number of hydrogen-bond acceptors (Lipinski definition) is 2. The highest BCUT2D eigenvalue weighted by Crippen LogP contribution is 2.38. The molecule has 0 unspecified atom stereocenters. The summed E-state index contributed by atoms with van der Waals surface area (Å²) in [6, 6.07) is 10.9. The van der Waals surface area contributed by atoms with Crippen LogP contribution in [0.5, 0.6) is 0 Å². The molecular weight excluding hydrogens is 262 g/mol. The predicted octanol–water partition coefficient (Wildman–Crippen LogP) is 4.40. The Bertz CT molecular complexity index is 667. The van der Waals surface area contributed by atoms with Gasteiger partial charge in [0.25, 0.3) is 5.69 Å². The third kappa shape index (κ3) is 2.10. The van der Waals surface area contributed by atoms with E-state index in [2.05, 4.69) is 6.07 Å². The molecule has 0 aliphatic heterocycles. The second kappa shape index (κ2) is 4.67. The fraction of sp³-hybridized carbons (Fsp3) is 0.200. The molecule has 19 heavy (non-hydrogen) atoms. The lowest BCUT2D eigenvalue weighted by Gasteiger charge is -2.09. The number of hydrogen-bond donors (Lipinski definition) is 0. The van der Waals surface area contributed by atoms with Gasteiger partial charge in [-0.25, -0.2) is 0 Å². The van der Waals surface area contributed by atoms with Gasteiger partial charge in [0.2, 0.25) is 0 Å². The lowest BCUT2D eigenvalue weighted by Crippen LogP contribution is -1.95. The van der Waals surface area contributed by atoms with Gasteiger partial charge in [0.05, 0.1) is 10.5 Å². The van der Waals surface area contributed by atoms with Crippen molar-refractivity contribution in [3.63, 3.8) is 0 Å². The summed E-state index contributed by atoms with van der Waals surface area (Å²) >= 11 is 5.86. The van der Waals surface area contributed by atoms with Crippen LogP contribution in [0.2, 0.25) is 5.02 Å². The first-order valence-electron chi connectivity index (χ1n) is 6.22. The van der Waals surface area contributed by atoms with Crippen molar-refractivity contribution in [3.05, 3.63) is 62.7 Å². The second-order valence-electron chi connectivity index (χ2n) is 4.72. The first kappa shape index (κ1) is 12.2. The van der Waals surface area contributed by atoms with E-state index in [1.54, 1.807) is 12.1 Å². The van der Waals surface area contributed by atoms with Crippen LogP contribution in [0.15, 0.2) is 36.4 Å². The van der Waals surface area contributed by atoms with Gasteiger partial charge in [-0.2, -0.15) is 0 Å². The Morgan fingerprint density at radius 3 is 2.74 bits per heavy atom. The molecule has 96 valence electrons. The quantitative estimate of drug-likeness (QED) is 0.601. The van der Waals surface area contributed by atoms with Gasteiger partial charge in [0.1, 0.15) is 0 Å². The van der Waals surface area contributed by atoms with Crippen molar-refractivity contribution in [2.75, 3.05) is 0 Å². The fourth-order valence-corrected chi connectivity index (χ4v) is 2.92. The van der Waals surface area contributed by atoms with Gasteiger partial charge < -0.3 is 0 Å². The Hall–Kier alpha value is -1.87. The zero-order chi connectivity index (χ0) is 13.4. The van der Waals surface area contributed by atoms with Gasteiger partial charge in [-0.3, -0.25) is 10.1 Å². The Kier molecular flexibility index (Phi) is 2.99. The van der Waals surface area contributed by atoms with Gasteiger partial charge >= 0.3 is 0 Å². The lowest BCUT2D eigenvalue weighted by atomic mass is 9.96. The SMILES string of the molecule is O=[N+]([O-])c1cc(Cl)ccc1-c1cccc2c1CCC2. The highest BCUT2D eigenvalue weighted by molar-refractivity contribution is 6.31. The number of fused-ring (bicyclic) bond motifs is 1. The number of rotatable bonds is 2. The van der Waals surface area contributed by atoms with E-state index in [-0.39, 0.29) is 10.6 Å². The molecule has 0 radical (unpaired) electrons. The van der Waals surface area contributed by atoms with Crippen LogP contribution < -0.4 is 0 Å². The largest absolute Gasteiger partial charge is 0.278 e. The van der Waals surface area contributed by atoms with E-state index in [9.17, 15) is 10.1 Å². The van der Waals surface area contributed by atoms with Crippen LogP contribution in [0.25, 0.3) is 11.1 Å². The normalized spacial score (nSPS) is 13.3. The van der Waals surface area contributed by atoms with Crippen molar-refractivity contribution < 1.29 is 4.92 Å². The Morgan fingerprint density at radius 2 is 1.95 bits per heavy atom. The molecule has 4 heteroatoms. The van der Waals surface area contributed by atoms with Crippen molar-refractivity contribution >= 4 is 17.3 Å². The van der Waals surface area contributed by atoms with E-state index < -0.39 is 0 Å². The molecule has 3 nitrogen and oxygen atoms in total. The molecule has 0 spiro atoms. The van der Waals surface area contributed by atoms with Crippen molar-refractivity contribution in [1.82, 2.24) is 0 Å². The molecule has 0 aromatic heterocycles. The van der Waals surface area contributed by atoms with Gasteiger partial charge in [0, 0.05) is 11.1 Å². The molecule has 1 aliphatic rings. The van der Waals surface area contributed by atoms with Crippen molar-refractivity contribution in [1.29, 1.82) is 0 Å². The Balaban J connectivity index is 2.23. The molecular formula is C15H12ClNO2. The van der Waals surface area contributed by atoms with Crippen LogP contribution in [-0.2, 0) is 12.8 Å². The third-order valence-corrected chi connectivity index (χ3v) is 3.83. The summed E-state index contributed by atoms with van der Waals surface area (Å²) < 4.78 is 0. The third-order valence-electron chi connectivity index (χ3n) is 3.59. The number of benzene rings is 2. The summed E-state index contributed by atoms with van der Waals surface area (Å²) in [5, 5.41) is 11.6. The predicted molar refractivity (Wildman–Crippen MR) is 75.6 cm³/mol. The molecule has 3 rings (SSSR count).